The standard InChI is InChI=1S/C12H11ClF4O/c13-6-2-1-3-11(18)9-5-4-8(14)7-10(9)12(15,16)17/h4-5,7H,1-3,6H2. The number of halogens is 5. The van der Waals surface area contributed by atoms with E-state index in [4.69, 9.17) is 11.6 Å². The van der Waals surface area contributed by atoms with Crippen molar-refractivity contribution in [2.75, 3.05) is 5.88 Å². The van der Waals surface area contributed by atoms with E-state index in [0.717, 1.165) is 12.1 Å². The zero-order chi connectivity index (χ0) is 13.8. The highest BCUT2D eigenvalue weighted by molar-refractivity contribution is 6.17. The predicted molar refractivity (Wildman–Crippen MR) is 60.3 cm³/mol. The van der Waals surface area contributed by atoms with Gasteiger partial charge in [0.2, 0.25) is 0 Å². The average Bonchev–Trinajstić information content (AvgIpc) is 2.28. The van der Waals surface area contributed by atoms with Crippen molar-refractivity contribution in [3.05, 3.63) is 35.1 Å². The molecule has 0 bridgehead atoms. The smallest absolute Gasteiger partial charge is 0.294 e. The second kappa shape index (κ2) is 6.18. The van der Waals surface area contributed by atoms with Gasteiger partial charge in [0.25, 0.3) is 0 Å². The Morgan fingerprint density at radius 1 is 1.22 bits per heavy atom. The summed E-state index contributed by atoms with van der Waals surface area (Å²) in [7, 11) is 0. The monoisotopic (exact) mass is 282 g/mol. The first kappa shape index (κ1) is 15.0. The van der Waals surface area contributed by atoms with Crippen molar-refractivity contribution in [2.45, 2.75) is 25.4 Å². The Morgan fingerprint density at radius 2 is 1.89 bits per heavy atom. The third kappa shape index (κ3) is 3.98. The van der Waals surface area contributed by atoms with Crippen LogP contribution in [0.5, 0.6) is 0 Å². The number of carbonyl (C=O) groups excluding carboxylic acids is 1. The molecule has 1 aromatic rings. The van der Waals surface area contributed by atoms with Crippen molar-refractivity contribution in [2.24, 2.45) is 0 Å². The molecule has 0 unspecified atom stereocenters. The molecule has 0 radical (unpaired) electrons. The summed E-state index contributed by atoms with van der Waals surface area (Å²) in [5.41, 5.74) is -1.71. The number of rotatable bonds is 5. The molecule has 0 aromatic heterocycles. The molecule has 100 valence electrons. The van der Waals surface area contributed by atoms with Gasteiger partial charge in [0, 0.05) is 17.9 Å². The van der Waals surface area contributed by atoms with E-state index in [1.54, 1.807) is 0 Å². The summed E-state index contributed by atoms with van der Waals surface area (Å²) < 4.78 is 50.7. The van der Waals surface area contributed by atoms with Crippen LogP contribution in [0.25, 0.3) is 0 Å². The van der Waals surface area contributed by atoms with E-state index in [2.05, 4.69) is 0 Å². The number of unbranched alkanes of at least 4 members (excludes halogenated alkanes) is 1. The Morgan fingerprint density at radius 3 is 2.44 bits per heavy atom. The fourth-order valence-electron chi connectivity index (χ4n) is 1.51. The number of Topliss-reactive ketones (excluding diaryl/α,β-unsaturated/α-hetero) is 1. The van der Waals surface area contributed by atoms with Crippen molar-refractivity contribution in [1.29, 1.82) is 0 Å². The lowest BCUT2D eigenvalue weighted by Crippen LogP contribution is -2.13. The number of alkyl halides is 4. The molecule has 0 heterocycles. The van der Waals surface area contributed by atoms with E-state index in [-0.39, 0.29) is 6.42 Å². The van der Waals surface area contributed by atoms with Crippen molar-refractivity contribution < 1.29 is 22.4 Å². The first-order valence-corrected chi connectivity index (χ1v) is 5.85. The first-order chi connectivity index (χ1) is 8.36. The van der Waals surface area contributed by atoms with Crippen LogP contribution < -0.4 is 0 Å². The molecular weight excluding hydrogens is 272 g/mol. The van der Waals surface area contributed by atoms with Crippen LogP contribution in [0.3, 0.4) is 0 Å². The molecule has 0 fully saturated rings. The quantitative estimate of drug-likeness (QED) is 0.338. The summed E-state index contributed by atoms with van der Waals surface area (Å²) >= 11 is 5.41. The van der Waals surface area contributed by atoms with E-state index < -0.39 is 28.9 Å². The molecule has 0 N–H and O–H groups in total. The second-order valence-electron chi connectivity index (χ2n) is 3.76. The van der Waals surface area contributed by atoms with Gasteiger partial charge < -0.3 is 0 Å². The predicted octanol–water partition coefficient (Wildman–Crippen LogP) is 4.44. The molecule has 0 aliphatic carbocycles. The number of benzene rings is 1. The molecule has 0 spiro atoms. The van der Waals surface area contributed by atoms with Crippen LogP contribution in [0, 0.1) is 5.82 Å². The molecule has 0 amide bonds. The lowest BCUT2D eigenvalue weighted by Gasteiger charge is -2.12. The summed E-state index contributed by atoms with van der Waals surface area (Å²) in [5.74, 6) is -1.31. The van der Waals surface area contributed by atoms with Crippen LogP contribution in [0.2, 0.25) is 0 Å². The summed E-state index contributed by atoms with van der Waals surface area (Å²) in [5, 5.41) is 0. The molecular formula is C12H11ClF4O. The molecule has 18 heavy (non-hydrogen) atoms. The molecule has 1 nitrogen and oxygen atoms in total. The molecule has 6 heteroatoms. The van der Waals surface area contributed by atoms with Gasteiger partial charge in [-0.1, -0.05) is 0 Å². The highest BCUT2D eigenvalue weighted by atomic mass is 35.5. The van der Waals surface area contributed by atoms with Gasteiger partial charge in [-0.25, -0.2) is 4.39 Å². The summed E-state index contributed by atoms with van der Waals surface area (Å²) in [4.78, 5) is 11.6. The Labute approximate surface area is 107 Å². The van der Waals surface area contributed by atoms with Crippen LogP contribution in [0.4, 0.5) is 17.6 Å². The number of carbonyl (C=O) groups is 1. The van der Waals surface area contributed by atoms with Crippen molar-refractivity contribution in [3.63, 3.8) is 0 Å². The lowest BCUT2D eigenvalue weighted by atomic mass is 9.99. The van der Waals surface area contributed by atoms with Crippen molar-refractivity contribution >= 4 is 17.4 Å². The fraction of sp³-hybridized carbons (Fsp3) is 0.417. The third-order valence-electron chi connectivity index (χ3n) is 2.37. The Kier molecular flexibility index (Phi) is 5.14. The van der Waals surface area contributed by atoms with Gasteiger partial charge >= 0.3 is 6.18 Å². The van der Waals surface area contributed by atoms with Crippen LogP contribution >= 0.6 is 11.6 Å². The van der Waals surface area contributed by atoms with Gasteiger partial charge in [0.1, 0.15) is 5.82 Å². The highest BCUT2D eigenvalue weighted by Crippen LogP contribution is 2.33. The zero-order valence-corrected chi connectivity index (χ0v) is 10.1. The summed E-state index contributed by atoms with van der Waals surface area (Å²) in [6.07, 6.45) is -3.80. The number of hydrogen-bond acceptors (Lipinski definition) is 1. The lowest BCUT2D eigenvalue weighted by molar-refractivity contribution is -0.138. The zero-order valence-electron chi connectivity index (χ0n) is 9.36. The molecule has 1 aromatic carbocycles. The maximum atomic E-state index is 12.8. The molecule has 0 saturated heterocycles. The second-order valence-corrected chi connectivity index (χ2v) is 4.13. The Hall–Kier alpha value is -1.10. The minimum atomic E-state index is -4.74. The van der Waals surface area contributed by atoms with Crippen LogP contribution in [0.15, 0.2) is 18.2 Å². The molecule has 0 aliphatic rings. The van der Waals surface area contributed by atoms with Gasteiger partial charge in [-0.3, -0.25) is 4.79 Å². The van der Waals surface area contributed by atoms with Crippen LogP contribution in [-0.4, -0.2) is 11.7 Å². The SMILES string of the molecule is O=C(CCCCCl)c1ccc(F)cc1C(F)(F)F. The fourth-order valence-corrected chi connectivity index (χ4v) is 1.70. The minimum absolute atomic E-state index is 0.0264. The van der Waals surface area contributed by atoms with E-state index in [1.807, 2.05) is 0 Å². The van der Waals surface area contributed by atoms with Gasteiger partial charge in [0.15, 0.2) is 5.78 Å². The normalized spacial score (nSPS) is 11.6. The third-order valence-corrected chi connectivity index (χ3v) is 2.64. The first-order valence-electron chi connectivity index (χ1n) is 5.32. The topological polar surface area (TPSA) is 17.1 Å². The van der Waals surface area contributed by atoms with E-state index >= 15 is 0 Å². The van der Waals surface area contributed by atoms with Gasteiger partial charge in [-0.05, 0) is 31.0 Å². The molecule has 0 atom stereocenters. The van der Waals surface area contributed by atoms with Crippen LogP contribution in [-0.2, 0) is 6.18 Å². The largest absolute Gasteiger partial charge is 0.417 e. The highest BCUT2D eigenvalue weighted by Gasteiger charge is 2.35. The van der Waals surface area contributed by atoms with Crippen LogP contribution in [0.1, 0.15) is 35.2 Å². The number of hydrogen-bond donors (Lipinski definition) is 0. The summed E-state index contributed by atoms with van der Waals surface area (Å²) in [6.45, 7) is 0. The van der Waals surface area contributed by atoms with E-state index in [9.17, 15) is 22.4 Å². The van der Waals surface area contributed by atoms with Gasteiger partial charge in [-0.15, -0.1) is 11.6 Å². The molecule has 0 aliphatic heterocycles. The van der Waals surface area contributed by atoms with Crippen molar-refractivity contribution in [1.82, 2.24) is 0 Å². The van der Waals surface area contributed by atoms with Crippen molar-refractivity contribution in [3.8, 4) is 0 Å². The van der Waals surface area contributed by atoms with Gasteiger partial charge in [-0.2, -0.15) is 13.2 Å². The Bertz CT molecular complexity index is 429. The van der Waals surface area contributed by atoms with Gasteiger partial charge in [0.05, 0.1) is 5.56 Å². The molecule has 1 rings (SSSR count). The summed E-state index contributed by atoms with van der Waals surface area (Å²) in [6, 6.07) is 2.07. The minimum Gasteiger partial charge on any atom is -0.294 e. The van der Waals surface area contributed by atoms with E-state index in [1.165, 1.54) is 0 Å². The van der Waals surface area contributed by atoms with E-state index in [0.29, 0.717) is 24.8 Å². The Balaban J connectivity index is 2.97. The maximum Gasteiger partial charge on any atom is 0.417 e. The number of ketones is 1. The maximum absolute atomic E-state index is 12.8. The molecule has 0 saturated carbocycles. The average molecular weight is 283 g/mol.